The third kappa shape index (κ3) is 4.93. The average molecular weight is 172 g/mol. The number of nitrogens with zero attached hydrogens (tertiary/aromatic N) is 2. The minimum Gasteiger partial charge on any atom is -0.303 e. The lowest BCUT2D eigenvalue weighted by molar-refractivity contribution is 0.401. The maximum atomic E-state index is 4.13. The SMILES string of the molecule is CC.CN(C)Cc1nccs1. The van der Waals surface area contributed by atoms with Crippen molar-refractivity contribution in [2.45, 2.75) is 20.4 Å². The number of rotatable bonds is 2. The second-order valence-corrected chi connectivity index (χ2v) is 3.14. The summed E-state index contributed by atoms with van der Waals surface area (Å²) in [5, 5.41) is 3.18. The van der Waals surface area contributed by atoms with Gasteiger partial charge in [-0.25, -0.2) is 4.98 Å². The highest BCUT2D eigenvalue weighted by Crippen LogP contribution is 2.04. The zero-order chi connectivity index (χ0) is 8.69. The Morgan fingerprint density at radius 1 is 1.45 bits per heavy atom. The average Bonchev–Trinajstić information content (AvgIpc) is 2.43. The topological polar surface area (TPSA) is 16.1 Å². The van der Waals surface area contributed by atoms with Crippen LogP contribution in [-0.4, -0.2) is 24.0 Å². The van der Waals surface area contributed by atoms with Crippen LogP contribution in [0.1, 0.15) is 18.9 Å². The Morgan fingerprint density at radius 3 is 2.45 bits per heavy atom. The fraction of sp³-hybridized carbons (Fsp3) is 0.625. The summed E-state index contributed by atoms with van der Waals surface area (Å²) in [5.41, 5.74) is 0. The van der Waals surface area contributed by atoms with Gasteiger partial charge in [0.1, 0.15) is 5.01 Å². The highest BCUT2D eigenvalue weighted by atomic mass is 32.1. The van der Waals surface area contributed by atoms with Crippen LogP contribution in [0.5, 0.6) is 0 Å². The first-order valence-electron chi connectivity index (χ1n) is 3.82. The Balaban J connectivity index is 0.000000461. The fourth-order valence-electron chi connectivity index (χ4n) is 0.602. The van der Waals surface area contributed by atoms with E-state index in [2.05, 4.69) is 9.88 Å². The summed E-state index contributed by atoms with van der Waals surface area (Å²) in [6.45, 7) is 4.96. The van der Waals surface area contributed by atoms with E-state index in [1.165, 1.54) is 5.01 Å². The summed E-state index contributed by atoms with van der Waals surface area (Å²) >= 11 is 1.70. The van der Waals surface area contributed by atoms with Crippen LogP contribution in [-0.2, 0) is 6.54 Å². The summed E-state index contributed by atoms with van der Waals surface area (Å²) in [4.78, 5) is 6.24. The molecule has 0 N–H and O–H groups in total. The van der Waals surface area contributed by atoms with Crippen molar-refractivity contribution in [3.63, 3.8) is 0 Å². The van der Waals surface area contributed by atoms with Crippen molar-refractivity contribution in [1.29, 1.82) is 0 Å². The van der Waals surface area contributed by atoms with Crippen molar-refractivity contribution in [3.05, 3.63) is 16.6 Å². The second-order valence-electron chi connectivity index (χ2n) is 2.16. The highest BCUT2D eigenvalue weighted by Gasteiger charge is 1.94. The summed E-state index contributed by atoms with van der Waals surface area (Å²) in [6, 6.07) is 0. The Labute approximate surface area is 72.9 Å². The lowest BCUT2D eigenvalue weighted by atomic mass is 10.6. The lowest BCUT2D eigenvalue weighted by Crippen LogP contribution is -2.09. The van der Waals surface area contributed by atoms with Crippen LogP contribution < -0.4 is 0 Å². The number of aromatic nitrogens is 1. The van der Waals surface area contributed by atoms with E-state index >= 15 is 0 Å². The third-order valence-corrected chi connectivity index (χ3v) is 1.70. The van der Waals surface area contributed by atoms with Crippen LogP contribution >= 0.6 is 11.3 Å². The minimum atomic E-state index is 0.956. The highest BCUT2D eigenvalue weighted by molar-refractivity contribution is 7.09. The van der Waals surface area contributed by atoms with E-state index in [-0.39, 0.29) is 0 Å². The molecule has 0 saturated heterocycles. The van der Waals surface area contributed by atoms with Gasteiger partial charge in [0.05, 0.1) is 0 Å². The first-order chi connectivity index (χ1) is 5.29. The van der Waals surface area contributed by atoms with Gasteiger partial charge in [0, 0.05) is 18.1 Å². The van der Waals surface area contributed by atoms with Gasteiger partial charge >= 0.3 is 0 Å². The molecule has 0 aliphatic rings. The van der Waals surface area contributed by atoms with Gasteiger partial charge in [-0.3, -0.25) is 0 Å². The molecule has 0 spiro atoms. The number of hydrogen-bond donors (Lipinski definition) is 0. The number of thiazole rings is 1. The summed E-state index contributed by atoms with van der Waals surface area (Å²) in [5.74, 6) is 0. The Morgan fingerprint density at radius 2 is 2.09 bits per heavy atom. The van der Waals surface area contributed by atoms with E-state index in [1.54, 1.807) is 11.3 Å². The number of hydrogen-bond acceptors (Lipinski definition) is 3. The normalized spacial score (nSPS) is 9.18. The van der Waals surface area contributed by atoms with E-state index in [4.69, 9.17) is 0 Å². The maximum absolute atomic E-state index is 4.13. The molecule has 3 heteroatoms. The van der Waals surface area contributed by atoms with Gasteiger partial charge in [-0.05, 0) is 14.1 Å². The van der Waals surface area contributed by atoms with Crippen molar-refractivity contribution < 1.29 is 0 Å². The first kappa shape index (κ1) is 10.6. The summed E-state index contributed by atoms with van der Waals surface area (Å²) in [7, 11) is 4.09. The molecule has 0 aliphatic heterocycles. The lowest BCUT2D eigenvalue weighted by Gasteiger charge is -2.04. The zero-order valence-corrected chi connectivity index (χ0v) is 8.48. The quantitative estimate of drug-likeness (QED) is 0.680. The van der Waals surface area contributed by atoms with Crippen molar-refractivity contribution in [2.24, 2.45) is 0 Å². The van der Waals surface area contributed by atoms with Crippen LogP contribution in [0, 0.1) is 0 Å². The van der Waals surface area contributed by atoms with E-state index in [0.29, 0.717) is 0 Å². The van der Waals surface area contributed by atoms with Crippen molar-refractivity contribution in [1.82, 2.24) is 9.88 Å². The van der Waals surface area contributed by atoms with Crippen LogP contribution in [0.25, 0.3) is 0 Å². The molecule has 0 bridgehead atoms. The molecule has 0 amide bonds. The van der Waals surface area contributed by atoms with Crippen molar-refractivity contribution in [3.8, 4) is 0 Å². The standard InChI is InChI=1S/C6H10N2S.C2H6/c1-8(2)5-6-7-3-4-9-6;1-2/h3-4H,5H2,1-2H3;1-2H3. The van der Waals surface area contributed by atoms with Crippen molar-refractivity contribution in [2.75, 3.05) is 14.1 Å². The molecule has 64 valence electrons. The maximum Gasteiger partial charge on any atom is 0.107 e. The van der Waals surface area contributed by atoms with Gasteiger partial charge in [0.25, 0.3) is 0 Å². The molecule has 11 heavy (non-hydrogen) atoms. The van der Waals surface area contributed by atoms with Gasteiger partial charge in [-0.1, -0.05) is 13.8 Å². The Hall–Kier alpha value is -0.410. The van der Waals surface area contributed by atoms with E-state index in [0.717, 1.165) is 6.54 Å². The van der Waals surface area contributed by atoms with E-state index < -0.39 is 0 Å². The predicted molar refractivity (Wildman–Crippen MR) is 50.9 cm³/mol. The molecule has 1 aromatic heterocycles. The smallest absolute Gasteiger partial charge is 0.107 e. The summed E-state index contributed by atoms with van der Waals surface area (Å²) < 4.78 is 0. The van der Waals surface area contributed by atoms with Crippen LogP contribution in [0.2, 0.25) is 0 Å². The predicted octanol–water partition coefficient (Wildman–Crippen LogP) is 2.23. The molecule has 2 nitrogen and oxygen atoms in total. The molecule has 1 heterocycles. The van der Waals surface area contributed by atoms with Gasteiger partial charge in [-0.15, -0.1) is 11.3 Å². The van der Waals surface area contributed by atoms with E-state index in [9.17, 15) is 0 Å². The van der Waals surface area contributed by atoms with Gasteiger partial charge in [-0.2, -0.15) is 0 Å². The van der Waals surface area contributed by atoms with Gasteiger partial charge < -0.3 is 4.90 Å². The molecule has 0 atom stereocenters. The monoisotopic (exact) mass is 172 g/mol. The Kier molecular flexibility index (Phi) is 6.07. The van der Waals surface area contributed by atoms with Crippen molar-refractivity contribution >= 4 is 11.3 Å². The van der Waals surface area contributed by atoms with Crippen LogP contribution in [0.3, 0.4) is 0 Å². The molecule has 1 rings (SSSR count). The van der Waals surface area contributed by atoms with Gasteiger partial charge in [0.15, 0.2) is 0 Å². The van der Waals surface area contributed by atoms with E-state index in [1.807, 2.05) is 39.5 Å². The summed E-state index contributed by atoms with van der Waals surface area (Å²) in [6.07, 6.45) is 1.84. The molecule has 0 unspecified atom stereocenters. The molecule has 1 aromatic rings. The molecule has 0 aliphatic carbocycles. The minimum absolute atomic E-state index is 0.956. The van der Waals surface area contributed by atoms with Crippen LogP contribution in [0.15, 0.2) is 11.6 Å². The fourth-order valence-corrected chi connectivity index (χ4v) is 1.33. The Bertz CT molecular complexity index is 159. The molecule has 0 radical (unpaired) electrons. The largest absolute Gasteiger partial charge is 0.303 e. The zero-order valence-electron chi connectivity index (χ0n) is 7.66. The molecular weight excluding hydrogens is 156 g/mol. The molecule has 0 saturated carbocycles. The molecular formula is C8H16N2S. The first-order valence-corrected chi connectivity index (χ1v) is 4.70. The van der Waals surface area contributed by atoms with Gasteiger partial charge in [0.2, 0.25) is 0 Å². The second kappa shape index (κ2) is 6.31. The molecule has 0 aromatic carbocycles. The van der Waals surface area contributed by atoms with Crippen LogP contribution in [0.4, 0.5) is 0 Å². The molecule has 0 fully saturated rings. The third-order valence-electron chi connectivity index (χ3n) is 0.935.